The SMILES string of the molecule is CCOC(=O)CC#N.CCOC(=O)c1c(N)[se]c2c1CCCCC2.O=C1CCCCCC1.[Na][Na].[SeH2]. The third-order valence-electron chi connectivity index (χ3n) is 5.12. The van der Waals surface area contributed by atoms with Crippen LogP contribution in [0.15, 0.2) is 0 Å². The Bertz CT molecular complexity index is 788. The zero-order valence-corrected chi connectivity index (χ0v) is 29.7. The molecule has 0 atom stereocenters. The molecule has 3 rings (SSSR count). The van der Waals surface area contributed by atoms with Crippen molar-refractivity contribution in [1.82, 2.24) is 0 Å². The number of ketones is 1. The predicted octanol–water partition coefficient (Wildman–Crippen LogP) is 2.47. The number of anilines is 1. The van der Waals surface area contributed by atoms with Gasteiger partial charge in [0.1, 0.15) is 12.2 Å². The van der Waals surface area contributed by atoms with Gasteiger partial charge in [0.05, 0.1) is 12.7 Å². The maximum atomic E-state index is 11.8. The van der Waals surface area contributed by atoms with E-state index in [1.54, 1.807) is 13.0 Å². The molecule has 0 aliphatic heterocycles. The Morgan fingerprint density at radius 3 is 2.00 bits per heavy atom. The number of hydrogen-bond donors (Lipinski definition) is 1. The molecule has 2 aliphatic rings. The van der Waals surface area contributed by atoms with Gasteiger partial charge in [-0.2, -0.15) is 5.26 Å². The number of nitriles is 1. The average Bonchev–Trinajstić information content (AvgIpc) is 3.00. The number of Topliss-reactive ketones (excluding diaryl/α,β-unsaturated/α-hetero) is 1. The summed E-state index contributed by atoms with van der Waals surface area (Å²) in [5, 5.41) is 7.91. The molecule has 0 spiro atoms. The molecule has 0 bridgehead atoms. The molecule has 2 N–H and O–H groups in total. The van der Waals surface area contributed by atoms with Gasteiger partial charge < -0.3 is 4.74 Å². The van der Waals surface area contributed by atoms with Crippen molar-refractivity contribution in [3.8, 4) is 6.07 Å². The first kappa shape index (κ1) is 37.6. The third kappa shape index (κ3) is 16.8. The molecule has 0 radical (unpaired) electrons. The molecule has 0 aromatic carbocycles. The first-order valence-corrected chi connectivity index (χ1v) is 22.3. The number of nitrogens with two attached hydrogens (primary N) is 1. The van der Waals surface area contributed by atoms with Crippen LogP contribution in [0.5, 0.6) is 0 Å². The standard InChI is InChI=1S/C12H17NO2Se.C7H12O.C5H7NO2.2Na.H2Se/c1-2-15-12(14)10-8-6-4-3-5-7-9(8)16-11(10)13;8-7-5-3-1-2-4-6-7;1-2-8-5(7)3-4-6;;;/h2-7,13H2,1H3;1-6H2;2-3H2,1H3;;;1H2. The molecule has 2 aliphatic carbocycles. The van der Waals surface area contributed by atoms with E-state index in [1.165, 1.54) is 85.7 Å². The molecular weight excluding hydrogens is 600 g/mol. The summed E-state index contributed by atoms with van der Waals surface area (Å²) in [6.45, 7) is 4.30. The van der Waals surface area contributed by atoms with E-state index in [0.29, 0.717) is 24.6 Å². The Morgan fingerprint density at radius 2 is 1.46 bits per heavy atom. The Hall–Kier alpha value is 0.419. The number of aryl methyl sites for hydroxylation is 1. The molecule has 11 heteroatoms. The third-order valence-corrected chi connectivity index (χ3v) is 7.47. The van der Waals surface area contributed by atoms with Gasteiger partial charge >= 0.3 is 168 Å². The van der Waals surface area contributed by atoms with Crippen molar-refractivity contribution < 1.29 is 23.9 Å². The van der Waals surface area contributed by atoms with Gasteiger partial charge in [0.15, 0.2) is 0 Å². The normalized spacial score (nSPS) is 14.1. The van der Waals surface area contributed by atoms with Crippen molar-refractivity contribution in [3.63, 3.8) is 0 Å². The minimum absolute atomic E-state index is 0. The number of carbonyl (C=O) groups is 3. The first-order chi connectivity index (χ1) is 16.4. The van der Waals surface area contributed by atoms with E-state index in [-0.39, 0.29) is 44.0 Å². The molecular formula is C24H38N2Na2O5Se2. The van der Waals surface area contributed by atoms with Crippen LogP contribution >= 0.6 is 0 Å². The number of ether oxygens (including phenoxy) is 2. The van der Waals surface area contributed by atoms with E-state index in [0.717, 1.165) is 43.1 Å². The fourth-order valence-electron chi connectivity index (χ4n) is 3.59. The second kappa shape index (κ2) is 24.7. The van der Waals surface area contributed by atoms with Gasteiger partial charge in [-0.25, -0.2) is 0 Å². The number of esters is 2. The van der Waals surface area contributed by atoms with Crippen LogP contribution in [0.25, 0.3) is 0 Å². The number of nitrogen functional groups attached to an aromatic ring is 1. The van der Waals surface area contributed by atoms with Crippen LogP contribution < -0.4 is 5.73 Å². The molecule has 0 amide bonds. The number of rotatable bonds is 4. The summed E-state index contributed by atoms with van der Waals surface area (Å²) in [6.07, 6.45) is 12.2. The molecule has 7 nitrogen and oxygen atoms in total. The van der Waals surface area contributed by atoms with Gasteiger partial charge in [-0.05, 0) is 19.8 Å². The second-order valence-electron chi connectivity index (χ2n) is 7.62. The van der Waals surface area contributed by atoms with E-state index in [1.807, 2.05) is 6.92 Å². The topological polar surface area (TPSA) is 119 Å². The number of carbonyl (C=O) groups excluding carboxylic acids is 3. The van der Waals surface area contributed by atoms with Gasteiger partial charge in [-0.3, -0.25) is 9.59 Å². The zero-order chi connectivity index (χ0) is 25.8. The van der Waals surface area contributed by atoms with Gasteiger partial charge in [0.2, 0.25) is 0 Å². The second-order valence-corrected chi connectivity index (χ2v) is 10.0. The van der Waals surface area contributed by atoms with Crippen LogP contribution in [0.4, 0.5) is 4.56 Å². The molecule has 0 saturated heterocycles. The summed E-state index contributed by atoms with van der Waals surface area (Å²) >= 11 is 3.09. The predicted molar refractivity (Wildman–Crippen MR) is 145 cm³/mol. The van der Waals surface area contributed by atoms with Crippen molar-refractivity contribution in [1.29, 1.82) is 5.26 Å². The van der Waals surface area contributed by atoms with Gasteiger partial charge in [0, 0.05) is 12.8 Å². The summed E-state index contributed by atoms with van der Waals surface area (Å²) in [5.74, 6) is -0.189. The molecule has 1 saturated carbocycles. The quantitative estimate of drug-likeness (QED) is 0.233. The Labute approximate surface area is 255 Å². The van der Waals surface area contributed by atoms with E-state index in [9.17, 15) is 14.4 Å². The Balaban J connectivity index is 0. The van der Waals surface area contributed by atoms with Gasteiger partial charge in [0.25, 0.3) is 0 Å². The molecule has 35 heavy (non-hydrogen) atoms. The fourth-order valence-corrected chi connectivity index (χ4v) is 6.00. The van der Waals surface area contributed by atoms with E-state index in [4.69, 9.17) is 15.7 Å². The van der Waals surface area contributed by atoms with Crippen LogP contribution in [0.3, 0.4) is 0 Å². The maximum absolute atomic E-state index is 11.8. The van der Waals surface area contributed by atoms with Crippen LogP contribution in [-0.2, 0) is 31.9 Å². The summed E-state index contributed by atoms with van der Waals surface area (Å²) in [4.78, 5) is 32.7. The number of hydrogen-bond acceptors (Lipinski definition) is 7. The van der Waals surface area contributed by atoms with E-state index in [2.05, 4.69) is 4.74 Å². The minimum atomic E-state index is -0.449. The monoisotopic (exact) mass is 640 g/mol. The van der Waals surface area contributed by atoms with Crippen molar-refractivity contribution in [2.24, 2.45) is 0 Å². The number of nitrogens with zero attached hydrogens (tertiary/aromatic N) is 1. The average molecular weight is 638 g/mol. The van der Waals surface area contributed by atoms with Crippen molar-refractivity contribution >= 4 is 97.5 Å². The first-order valence-electron chi connectivity index (χ1n) is 12.6. The van der Waals surface area contributed by atoms with Crippen LogP contribution in [-0.4, -0.2) is 106 Å². The van der Waals surface area contributed by atoms with E-state index < -0.39 is 5.97 Å². The Kier molecular flexibility index (Phi) is 26.6. The van der Waals surface area contributed by atoms with Crippen molar-refractivity contribution in [2.75, 3.05) is 18.9 Å². The molecule has 0 unspecified atom stereocenters. The summed E-state index contributed by atoms with van der Waals surface area (Å²) in [5.41, 5.74) is 7.91. The number of fused-ring (bicyclic) bond motifs is 1. The fraction of sp³-hybridized carbons (Fsp3) is 0.667. The molecule has 1 aromatic rings. The van der Waals surface area contributed by atoms with Crippen LogP contribution in [0.1, 0.15) is 98.4 Å². The Morgan fingerprint density at radius 1 is 0.943 bits per heavy atom. The summed E-state index contributed by atoms with van der Waals surface area (Å²) in [7, 11) is 0. The van der Waals surface area contributed by atoms with Crippen molar-refractivity contribution in [3.05, 3.63) is 15.6 Å². The van der Waals surface area contributed by atoms with Crippen LogP contribution in [0, 0.1) is 11.3 Å². The van der Waals surface area contributed by atoms with Gasteiger partial charge in [-0.1, -0.05) is 12.8 Å². The van der Waals surface area contributed by atoms with Crippen LogP contribution in [0.2, 0.25) is 0 Å². The molecule has 188 valence electrons. The van der Waals surface area contributed by atoms with Crippen molar-refractivity contribution in [2.45, 2.75) is 90.9 Å². The summed E-state index contributed by atoms with van der Waals surface area (Å²) < 4.78 is 11.7. The molecule has 1 heterocycles. The van der Waals surface area contributed by atoms with Gasteiger partial charge in [-0.15, -0.1) is 0 Å². The molecule has 1 fully saturated rings. The summed E-state index contributed by atoms with van der Waals surface area (Å²) in [6, 6.07) is 1.68. The van der Waals surface area contributed by atoms with E-state index >= 15 is 0 Å². The zero-order valence-electron chi connectivity index (χ0n) is 21.9. The molecule has 1 aromatic heterocycles.